The van der Waals surface area contributed by atoms with Crippen LogP contribution in [0.1, 0.15) is 0 Å². The van der Waals surface area contributed by atoms with Gasteiger partial charge in [0.05, 0.1) is 0 Å². The zero-order valence-electron chi connectivity index (χ0n) is 10.5. The fraction of sp³-hybridized carbons (Fsp3) is 0. The zero-order valence-corrected chi connectivity index (χ0v) is 13.7. The number of fused-ring (bicyclic) bond motifs is 2. The van der Waals surface area contributed by atoms with E-state index in [1.165, 1.54) is 21.8 Å². The largest absolute Gasteiger partial charge is 0.361 e. The average Bonchev–Trinajstić information content (AvgIpc) is 3.06. The Bertz CT molecular complexity index is 774. The van der Waals surface area contributed by atoms with Crippen molar-refractivity contribution < 1.29 is 0 Å². The monoisotopic (exact) mass is 390 g/mol. The predicted molar refractivity (Wildman–Crippen MR) is 92.0 cm³/mol. The van der Waals surface area contributed by atoms with Gasteiger partial charge in [-0.05, 0) is 48.5 Å². The van der Waals surface area contributed by atoms with Crippen molar-refractivity contribution in [2.45, 2.75) is 0 Å². The van der Waals surface area contributed by atoms with E-state index in [0.717, 1.165) is 8.95 Å². The summed E-state index contributed by atoms with van der Waals surface area (Å²) in [4.78, 5) is 6.25. The van der Waals surface area contributed by atoms with Crippen LogP contribution in [-0.4, -0.2) is 9.97 Å². The summed E-state index contributed by atoms with van der Waals surface area (Å²) in [5.74, 6) is 0. The highest BCUT2D eigenvalue weighted by molar-refractivity contribution is 9.10. The van der Waals surface area contributed by atoms with Crippen LogP contribution in [-0.2, 0) is 0 Å². The highest BCUT2D eigenvalue weighted by atomic mass is 79.9. The first-order valence-electron chi connectivity index (χ1n) is 6.18. The molecule has 0 atom stereocenters. The van der Waals surface area contributed by atoms with Crippen LogP contribution in [0.15, 0.2) is 69.9 Å². The number of hydrogen-bond donors (Lipinski definition) is 2. The number of H-pyrrole nitrogens is 2. The van der Waals surface area contributed by atoms with E-state index in [2.05, 4.69) is 78.2 Å². The molecular formula is C16H12Br2N2. The second-order valence-corrected chi connectivity index (χ2v) is 6.25. The molecule has 100 valence electrons. The third-order valence-electron chi connectivity index (χ3n) is 3.03. The second kappa shape index (κ2) is 5.85. The molecule has 0 spiro atoms. The number of rotatable bonds is 0. The SMILES string of the molecule is Brc1ccc2[nH]ccc2c1.Brc1ccc2[nH]ccc2c1. The standard InChI is InChI=1S/2C8H6BrN/c2*9-7-1-2-8-6(5-7)3-4-10-8/h2*1-5,10H. The van der Waals surface area contributed by atoms with E-state index >= 15 is 0 Å². The summed E-state index contributed by atoms with van der Waals surface area (Å²) in [6.45, 7) is 0. The number of nitrogens with one attached hydrogen (secondary N) is 2. The number of aromatic nitrogens is 2. The lowest BCUT2D eigenvalue weighted by atomic mass is 10.3. The summed E-state index contributed by atoms with van der Waals surface area (Å²) < 4.78 is 2.25. The van der Waals surface area contributed by atoms with Crippen LogP contribution in [0.4, 0.5) is 0 Å². The van der Waals surface area contributed by atoms with E-state index in [0.29, 0.717) is 0 Å². The molecule has 0 saturated carbocycles. The van der Waals surface area contributed by atoms with Crippen LogP contribution in [0.5, 0.6) is 0 Å². The molecule has 2 heterocycles. The van der Waals surface area contributed by atoms with Crippen molar-refractivity contribution in [2.75, 3.05) is 0 Å². The van der Waals surface area contributed by atoms with Gasteiger partial charge in [0.25, 0.3) is 0 Å². The van der Waals surface area contributed by atoms with Gasteiger partial charge in [-0.15, -0.1) is 0 Å². The Balaban J connectivity index is 0.000000121. The molecule has 0 aliphatic carbocycles. The fourth-order valence-electron chi connectivity index (χ4n) is 2.05. The minimum Gasteiger partial charge on any atom is -0.361 e. The Morgan fingerprint density at radius 2 is 1.05 bits per heavy atom. The van der Waals surface area contributed by atoms with Crippen molar-refractivity contribution in [1.29, 1.82) is 0 Å². The minimum absolute atomic E-state index is 1.12. The Morgan fingerprint density at radius 1 is 0.600 bits per heavy atom. The van der Waals surface area contributed by atoms with Gasteiger partial charge in [0.1, 0.15) is 0 Å². The summed E-state index contributed by atoms with van der Waals surface area (Å²) in [6, 6.07) is 16.5. The van der Waals surface area contributed by atoms with Crippen molar-refractivity contribution in [3.63, 3.8) is 0 Å². The number of aromatic amines is 2. The first-order valence-corrected chi connectivity index (χ1v) is 7.76. The third-order valence-corrected chi connectivity index (χ3v) is 4.02. The van der Waals surface area contributed by atoms with Crippen LogP contribution in [0.3, 0.4) is 0 Å². The summed E-state index contributed by atoms with van der Waals surface area (Å²) in [5.41, 5.74) is 2.37. The Hall–Kier alpha value is -1.52. The van der Waals surface area contributed by atoms with Crippen molar-refractivity contribution in [1.82, 2.24) is 9.97 Å². The van der Waals surface area contributed by atoms with Gasteiger partial charge in [-0.2, -0.15) is 0 Å². The summed E-state index contributed by atoms with van der Waals surface area (Å²) in [6.07, 6.45) is 3.88. The van der Waals surface area contributed by atoms with Gasteiger partial charge in [-0.1, -0.05) is 31.9 Å². The number of hydrogen-bond acceptors (Lipinski definition) is 0. The molecule has 0 saturated heterocycles. The summed E-state index contributed by atoms with van der Waals surface area (Å²) >= 11 is 6.81. The highest BCUT2D eigenvalue weighted by Crippen LogP contribution is 2.18. The third kappa shape index (κ3) is 2.97. The van der Waals surface area contributed by atoms with Gasteiger partial charge >= 0.3 is 0 Å². The molecule has 20 heavy (non-hydrogen) atoms. The molecule has 0 unspecified atom stereocenters. The molecule has 4 aromatic rings. The summed E-state index contributed by atoms with van der Waals surface area (Å²) in [7, 11) is 0. The van der Waals surface area contributed by atoms with Crippen LogP contribution in [0.2, 0.25) is 0 Å². The van der Waals surface area contributed by atoms with Crippen molar-refractivity contribution >= 4 is 53.7 Å². The number of benzene rings is 2. The quantitative estimate of drug-likeness (QED) is 0.376. The van der Waals surface area contributed by atoms with Gasteiger partial charge in [-0.3, -0.25) is 0 Å². The van der Waals surface area contributed by atoms with E-state index < -0.39 is 0 Å². The normalized spacial score (nSPS) is 10.5. The molecule has 2 nitrogen and oxygen atoms in total. The first kappa shape index (κ1) is 13.5. The van der Waals surface area contributed by atoms with Gasteiger partial charge in [-0.25, -0.2) is 0 Å². The lowest BCUT2D eigenvalue weighted by Crippen LogP contribution is -1.65. The van der Waals surface area contributed by atoms with Crippen molar-refractivity contribution in [3.8, 4) is 0 Å². The average molecular weight is 392 g/mol. The smallest absolute Gasteiger partial charge is 0.0454 e. The molecule has 0 fully saturated rings. The minimum atomic E-state index is 1.12. The van der Waals surface area contributed by atoms with Crippen LogP contribution in [0.25, 0.3) is 21.8 Å². The summed E-state index contributed by atoms with van der Waals surface area (Å²) in [5, 5.41) is 2.49. The molecule has 4 rings (SSSR count). The van der Waals surface area contributed by atoms with Crippen molar-refractivity contribution in [2.24, 2.45) is 0 Å². The van der Waals surface area contributed by atoms with E-state index in [1.54, 1.807) is 0 Å². The molecule has 2 aromatic heterocycles. The maximum atomic E-state index is 3.40. The van der Waals surface area contributed by atoms with E-state index in [1.807, 2.05) is 24.5 Å². The Morgan fingerprint density at radius 3 is 1.50 bits per heavy atom. The fourth-order valence-corrected chi connectivity index (χ4v) is 2.81. The maximum Gasteiger partial charge on any atom is 0.0454 e. The van der Waals surface area contributed by atoms with Gasteiger partial charge in [0.2, 0.25) is 0 Å². The zero-order chi connectivity index (χ0) is 13.9. The molecule has 4 heteroatoms. The van der Waals surface area contributed by atoms with E-state index in [9.17, 15) is 0 Å². The highest BCUT2D eigenvalue weighted by Gasteiger charge is 1.92. The molecule has 0 bridgehead atoms. The Kier molecular flexibility index (Phi) is 3.94. The molecule has 0 amide bonds. The maximum absolute atomic E-state index is 3.40. The van der Waals surface area contributed by atoms with Crippen molar-refractivity contribution in [3.05, 3.63) is 69.9 Å². The molecule has 0 radical (unpaired) electrons. The lowest BCUT2D eigenvalue weighted by molar-refractivity contribution is 1.48. The molecule has 0 aliphatic rings. The van der Waals surface area contributed by atoms with Crippen LogP contribution in [0, 0.1) is 0 Å². The van der Waals surface area contributed by atoms with Crippen LogP contribution >= 0.6 is 31.9 Å². The second-order valence-electron chi connectivity index (χ2n) is 4.42. The van der Waals surface area contributed by atoms with Gasteiger partial charge in [0, 0.05) is 43.1 Å². The van der Waals surface area contributed by atoms with Gasteiger partial charge < -0.3 is 9.97 Å². The topological polar surface area (TPSA) is 31.6 Å². The number of halogens is 2. The van der Waals surface area contributed by atoms with Crippen LogP contribution < -0.4 is 0 Å². The predicted octanol–water partition coefficient (Wildman–Crippen LogP) is 5.86. The van der Waals surface area contributed by atoms with E-state index in [-0.39, 0.29) is 0 Å². The Labute approximate surface area is 133 Å². The van der Waals surface area contributed by atoms with Gasteiger partial charge in [0.15, 0.2) is 0 Å². The lowest BCUT2D eigenvalue weighted by Gasteiger charge is -1.88. The molecule has 2 N–H and O–H groups in total. The molecule has 0 aliphatic heterocycles. The molecule has 2 aromatic carbocycles. The molecular weight excluding hydrogens is 380 g/mol. The first-order chi connectivity index (χ1) is 9.72. The van der Waals surface area contributed by atoms with E-state index in [4.69, 9.17) is 0 Å².